The molecule has 1 unspecified atom stereocenters. The molecule has 3 aromatic rings. The molecule has 0 saturated heterocycles. The number of hydrogen-bond acceptors (Lipinski definition) is 4. The molecule has 0 aliphatic carbocycles. The second-order valence-electron chi connectivity index (χ2n) is 6.28. The van der Waals surface area contributed by atoms with Gasteiger partial charge in [0.2, 0.25) is 0 Å². The van der Waals surface area contributed by atoms with Gasteiger partial charge in [-0.15, -0.1) is 11.3 Å². The van der Waals surface area contributed by atoms with Crippen LogP contribution in [0.5, 0.6) is 0 Å². The van der Waals surface area contributed by atoms with Gasteiger partial charge in [-0.05, 0) is 30.2 Å². The molecule has 1 N–H and O–H groups in total. The Balaban J connectivity index is 1.61. The molecular weight excluding hydrogens is 332 g/mol. The third kappa shape index (κ3) is 3.08. The molecule has 24 heavy (non-hydrogen) atoms. The number of rotatable bonds is 4. The topological polar surface area (TPSA) is 24.9 Å². The summed E-state index contributed by atoms with van der Waals surface area (Å²) < 4.78 is 0. The molecule has 0 amide bonds. The van der Waals surface area contributed by atoms with Crippen LogP contribution in [-0.4, -0.2) is 4.98 Å². The molecule has 2 nitrogen and oxygen atoms in total. The van der Waals surface area contributed by atoms with Crippen molar-refractivity contribution in [2.75, 3.05) is 5.32 Å². The quantitative estimate of drug-likeness (QED) is 0.447. The van der Waals surface area contributed by atoms with Gasteiger partial charge in [-0.1, -0.05) is 50.2 Å². The Morgan fingerprint density at radius 3 is 2.79 bits per heavy atom. The predicted molar refractivity (Wildman–Crippen MR) is 105 cm³/mol. The summed E-state index contributed by atoms with van der Waals surface area (Å²) in [6.45, 7) is 4.53. The molecule has 0 bridgehead atoms. The zero-order valence-corrected chi connectivity index (χ0v) is 15.5. The van der Waals surface area contributed by atoms with Gasteiger partial charge in [-0.3, -0.25) is 0 Å². The first-order chi connectivity index (χ1) is 11.7. The van der Waals surface area contributed by atoms with Gasteiger partial charge in [0.15, 0.2) is 0 Å². The molecule has 2 heterocycles. The summed E-state index contributed by atoms with van der Waals surface area (Å²) in [6.07, 6.45) is 2.28. The van der Waals surface area contributed by atoms with Crippen molar-refractivity contribution in [1.82, 2.24) is 4.98 Å². The fourth-order valence-electron chi connectivity index (χ4n) is 2.78. The van der Waals surface area contributed by atoms with Crippen LogP contribution in [-0.2, 0) is 6.42 Å². The van der Waals surface area contributed by atoms with E-state index in [9.17, 15) is 0 Å². The SMILES string of the molecule is CCC(C)Cc1nc(-c2ccc3c(c2)Nc2ccccc2S3)cs1. The van der Waals surface area contributed by atoms with Crippen molar-refractivity contribution in [1.29, 1.82) is 0 Å². The van der Waals surface area contributed by atoms with E-state index < -0.39 is 0 Å². The number of benzene rings is 2. The van der Waals surface area contributed by atoms with Crippen LogP contribution in [0.1, 0.15) is 25.3 Å². The van der Waals surface area contributed by atoms with E-state index in [2.05, 4.69) is 67.0 Å². The largest absolute Gasteiger partial charge is 0.354 e. The minimum absolute atomic E-state index is 0.696. The van der Waals surface area contributed by atoms with Crippen molar-refractivity contribution < 1.29 is 0 Å². The summed E-state index contributed by atoms with van der Waals surface area (Å²) in [6, 6.07) is 15.1. The molecule has 1 aliphatic heterocycles. The monoisotopic (exact) mass is 352 g/mol. The highest BCUT2D eigenvalue weighted by Crippen LogP contribution is 2.45. The maximum absolute atomic E-state index is 4.85. The fourth-order valence-corrected chi connectivity index (χ4v) is 4.71. The summed E-state index contributed by atoms with van der Waals surface area (Å²) in [5, 5.41) is 6.98. The number of fused-ring (bicyclic) bond motifs is 2. The Morgan fingerprint density at radius 2 is 1.92 bits per heavy atom. The minimum atomic E-state index is 0.696. The molecule has 1 atom stereocenters. The molecule has 4 heteroatoms. The number of nitrogens with one attached hydrogen (secondary N) is 1. The number of para-hydroxylation sites is 1. The van der Waals surface area contributed by atoms with E-state index in [1.54, 1.807) is 11.3 Å². The van der Waals surface area contributed by atoms with Gasteiger partial charge < -0.3 is 5.32 Å². The molecular formula is C20H20N2S2. The van der Waals surface area contributed by atoms with E-state index in [0.29, 0.717) is 5.92 Å². The van der Waals surface area contributed by atoms with Crippen molar-refractivity contribution in [3.8, 4) is 11.3 Å². The third-order valence-corrected chi connectivity index (χ3v) is 6.45. The van der Waals surface area contributed by atoms with Gasteiger partial charge in [0.05, 0.1) is 22.1 Å². The second kappa shape index (κ2) is 6.61. The van der Waals surface area contributed by atoms with E-state index >= 15 is 0 Å². The van der Waals surface area contributed by atoms with Crippen LogP contribution in [0.4, 0.5) is 11.4 Å². The van der Waals surface area contributed by atoms with Crippen molar-refractivity contribution in [2.45, 2.75) is 36.5 Å². The first-order valence-electron chi connectivity index (χ1n) is 8.35. The van der Waals surface area contributed by atoms with Gasteiger partial charge in [-0.2, -0.15) is 0 Å². The van der Waals surface area contributed by atoms with Gasteiger partial charge in [-0.25, -0.2) is 4.98 Å². The van der Waals surface area contributed by atoms with Crippen molar-refractivity contribution >= 4 is 34.5 Å². The number of hydrogen-bond donors (Lipinski definition) is 1. The average Bonchev–Trinajstić information content (AvgIpc) is 3.07. The molecule has 2 aromatic carbocycles. The Morgan fingerprint density at radius 1 is 1.08 bits per heavy atom. The number of thiazole rings is 1. The average molecular weight is 353 g/mol. The van der Waals surface area contributed by atoms with Crippen LogP contribution >= 0.6 is 23.1 Å². The lowest BCUT2D eigenvalue weighted by Crippen LogP contribution is -2.00. The molecule has 122 valence electrons. The minimum Gasteiger partial charge on any atom is -0.354 e. The summed E-state index contributed by atoms with van der Waals surface area (Å²) >= 11 is 3.60. The first kappa shape index (κ1) is 15.7. The van der Waals surface area contributed by atoms with Gasteiger partial charge in [0.1, 0.15) is 0 Å². The van der Waals surface area contributed by atoms with Crippen LogP contribution < -0.4 is 5.32 Å². The summed E-state index contributed by atoms with van der Waals surface area (Å²) in [4.78, 5) is 7.40. The van der Waals surface area contributed by atoms with Crippen LogP contribution in [0, 0.1) is 5.92 Å². The normalized spacial score (nSPS) is 13.8. The Hall–Kier alpha value is -1.78. The van der Waals surface area contributed by atoms with E-state index in [1.165, 1.54) is 38.2 Å². The molecule has 0 radical (unpaired) electrons. The van der Waals surface area contributed by atoms with E-state index in [4.69, 9.17) is 4.98 Å². The van der Waals surface area contributed by atoms with Crippen LogP contribution in [0.2, 0.25) is 0 Å². The van der Waals surface area contributed by atoms with E-state index in [-0.39, 0.29) is 0 Å². The standard InChI is InChI=1S/C20H20N2S2/c1-3-13(2)10-20-22-17(12-23-20)14-8-9-19-16(11-14)21-15-6-4-5-7-18(15)24-19/h4-9,11-13,21H,3,10H2,1-2H3. The van der Waals surface area contributed by atoms with E-state index in [1.807, 2.05) is 11.8 Å². The van der Waals surface area contributed by atoms with Crippen molar-refractivity contribution in [2.24, 2.45) is 5.92 Å². The maximum atomic E-state index is 4.85. The van der Waals surface area contributed by atoms with Crippen LogP contribution in [0.25, 0.3) is 11.3 Å². The lowest BCUT2D eigenvalue weighted by atomic mass is 10.1. The van der Waals surface area contributed by atoms with Crippen molar-refractivity contribution in [3.05, 3.63) is 52.9 Å². The Kier molecular flexibility index (Phi) is 4.33. The van der Waals surface area contributed by atoms with Crippen molar-refractivity contribution in [3.63, 3.8) is 0 Å². The molecule has 1 aliphatic rings. The summed E-state index contributed by atoms with van der Waals surface area (Å²) in [5.74, 6) is 0.696. The highest BCUT2D eigenvalue weighted by Gasteiger charge is 2.16. The number of anilines is 2. The van der Waals surface area contributed by atoms with Gasteiger partial charge in [0.25, 0.3) is 0 Å². The zero-order valence-electron chi connectivity index (χ0n) is 13.9. The summed E-state index contributed by atoms with van der Waals surface area (Å²) in [5.41, 5.74) is 4.63. The first-order valence-corrected chi connectivity index (χ1v) is 10.1. The maximum Gasteiger partial charge on any atom is 0.0935 e. The highest BCUT2D eigenvalue weighted by molar-refractivity contribution is 7.99. The van der Waals surface area contributed by atoms with E-state index in [0.717, 1.165) is 12.1 Å². The van der Waals surface area contributed by atoms with Gasteiger partial charge >= 0.3 is 0 Å². The zero-order chi connectivity index (χ0) is 16.5. The lowest BCUT2D eigenvalue weighted by molar-refractivity contribution is 0.559. The van der Waals surface area contributed by atoms with Crippen LogP contribution in [0.15, 0.2) is 57.6 Å². The highest BCUT2D eigenvalue weighted by atomic mass is 32.2. The van der Waals surface area contributed by atoms with Gasteiger partial charge in [0, 0.05) is 27.2 Å². The molecule has 1 aromatic heterocycles. The summed E-state index contributed by atoms with van der Waals surface area (Å²) in [7, 11) is 0. The Bertz CT molecular complexity index is 870. The second-order valence-corrected chi connectivity index (χ2v) is 8.30. The van der Waals surface area contributed by atoms with Crippen LogP contribution in [0.3, 0.4) is 0 Å². The number of aromatic nitrogens is 1. The predicted octanol–water partition coefficient (Wildman–Crippen LogP) is 6.61. The molecule has 0 spiro atoms. The fraction of sp³-hybridized carbons (Fsp3) is 0.250. The lowest BCUT2D eigenvalue weighted by Gasteiger charge is -2.21. The molecule has 0 fully saturated rings. The molecule has 4 rings (SSSR count). The Labute approximate surface area is 151 Å². The molecule has 0 saturated carbocycles. The third-order valence-electron chi connectivity index (χ3n) is 4.42. The number of nitrogens with zero attached hydrogens (tertiary/aromatic N) is 1. The smallest absolute Gasteiger partial charge is 0.0935 e.